The molecule has 0 unspecified atom stereocenters. The molecule has 0 spiro atoms. The van der Waals surface area contributed by atoms with Gasteiger partial charge in [-0.3, -0.25) is 9.20 Å². The van der Waals surface area contributed by atoms with Gasteiger partial charge >= 0.3 is 6.03 Å². The van der Waals surface area contributed by atoms with E-state index < -0.39 is 6.03 Å². The monoisotopic (exact) mass is 434 g/mol. The standard InChI is InChI=1S/C23H19ClN4O3/c1-15-10-11-28-21(12-15)25-17(13-22(28)29)14-31-18-8-6-16(7-9-18)26-23(30)27-20-5-3-2-4-19(20)24/h2-13H,14H2,1H3,(H2,26,27,30). The largest absolute Gasteiger partial charge is 0.487 e. The van der Waals surface area contributed by atoms with Crippen LogP contribution in [0.3, 0.4) is 0 Å². The van der Waals surface area contributed by atoms with E-state index in [0.717, 1.165) is 5.56 Å². The summed E-state index contributed by atoms with van der Waals surface area (Å²) in [7, 11) is 0. The molecule has 2 amide bonds. The van der Waals surface area contributed by atoms with Crippen LogP contribution in [0.1, 0.15) is 11.3 Å². The highest BCUT2D eigenvalue weighted by atomic mass is 35.5. The van der Waals surface area contributed by atoms with Gasteiger partial charge in [-0.05, 0) is 61.0 Å². The molecular formula is C23H19ClN4O3. The van der Waals surface area contributed by atoms with Crippen molar-refractivity contribution in [3.8, 4) is 5.75 Å². The zero-order valence-electron chi connectivity index (χ0n) is 16.6. The van der Waals surface area contributed by atoms with Gasteiger partial charge in [0.1, 0.15) is 18.0 Å². The van der Waals surface area contributed by atoms with Crippen molar-refractivity contribution in [3.63, 3.8) is 0 Å². The van der Waals surface area contributed by atoms with Crippen molar-refractivity contribution in [3.05, 3.63) is 99.6 Å². The number of amides is 2. The summed E-state index contributed by atoms with van der Waals surface area (Å²) in [4.78, 5) is 28.9. The second kappa shape index (κ2) is 8.89. The van der Waals surface area contributed by atoms with Crippen LogP contribution < -0.4 is 20.9 Å². The van der Waals surface area contributed by atoms with Crippen LogP contribution in [0.5, 0.6) is 5.75 Å². The quantitative estimate of drug-likeness (QED) is 0.469. The summed E-state index contributed by atoms with van der Waals surface area (Å²) in [6.07, 6.45) is 1.71. The smallest absolute Gasteiger partial charge is 0.323 e. The van der Waals surface area contributed by atoms with Gasteiger partial charge < -0.3 is 15.4 Å². The Kier molecular flexibility index (Phi) is 5.86. The third-order valence-electron chi connectivity index (χ3n) is 4.50. The van der Waals surface area contributed by atoms with Gasteiger partial charge in [0.2, 0.25) is 0 Å². The first-order valence-corrected chi connectivity index (χ1v) is 9.90. The molecule has 156 valence electrons. The van der Waals surface area contributed by atoms with Crippen molar-refractivity contribution in [1.29, 1.82) is 0 Å². The number of hydrogen-bond acceptors (Lipinski definition) is 4. The van der Waals surface area contributed by atoms with E-state index in [9.17, 15) is 9.59 Å². The van der Waals surface area contributed by atoms with Crippen LogP contribution in [0, 0.1) is 6.92 Å². The van der Waals surface area contributed by atoms with E-state index >= 15 is 0 Å². The SMILES string of the molecule is Cc1ccn2c(=O)cc(COc3ccc(NC(=O)Nc4ccccc4Cl)cc3)nc2c1. The molecule has 0 fully saturated rings. The Morgan fingerprint density at radius 2 is 1.84 bits per heavy atom. The number of carbonyl (C=O) groups excluding carboxylic acids is 1. The van der Waals surface area contributed by atoms with Gasteiger partial charge in [0, 0.05) is 18.0 Å². The molecule has 8 heteroatoms. The molecule has 2 heterocycles. The fourth-order valence-electron chi connectivity index (χ4n) is 2.97. The van der Waals surface area contributed by atoms with E-state index in [4.69, 9.17) is 16.3 Å². The van der Waals surface area contributed by atoms with Crippen LogP contribution in [0.25, 0.3) is 5.65 Å². The first kappa shape index (κ1) is 20.4. The van der Waals surface area contributed by atoms with E-state index in [1.165, 1.54) is 10.5 Å². The summed E-state index contributed by atoms with van der Waals surface area (Å²) < 4.78 is 7.23. The van der Waals surface area contributed by atoms with Crippen molar-refractivity contribution < 1.29 is 9.53 Å². The van der Waals surface area contributed by atoms with Gasteiger partial charge in [-0.15, -0.1) is 0 Å². The lowest BCUT2D eigenvalue weighted by Crippen LogP contribution is -2.19. The van der Waals surface area contributed by atoms with E-state index in [1.54, 1.807) is 54.7 Å². The number of anilines is 2. The van der Waals surface area contributed by atoms with Crippen molar-refractivity contribution in [1.82, 2.24) is 9.38 Å². The van der Waals surface area contributed by atoms with E-state index in [1.807, 2.05) is 19.1 Å². The summed E-state index contributed by atoms with van der Waals surface area (Å²) in [6, 6.07) is 18.6. The number of rotatable bonds is 5. The van der Waals surface area contributed by atoms with Crippen molar-refractivity contribution in [2.75, 3.05) is 10.6 Å². The molecule has 0 atom stereocenters. The summed E-state index contributed by atoms with van der Waals surface area (Å²) >= 11 is 6.04. The Morgan fingerprint density at radius 1 is 1.06 bits per heavy atom. The Balaban J connectivity index is 1.38. The minimum atomic E-state index is -0.405. The third kappa shape index (κ3) is 5.02. The van der Waals surface area contributed by atoms with Crippen LogP contribution >= 0.6 is 11.6 Å². The molecule has 2 aromatic carbocycles. The summed E-state index contributed by atoms with van der Waals surface area (Å²) in [5, 5.41) is 5.88. The highest BCUT2D eigenvalue weighted by Crippen LogP contribution is 2.21. The zero-order valence-corrected chi connectivity index (χ0v) is 17.4. The second-order valence-corrected chi connectivity index (χ2v) is 7.30. The number of urea groups is 1. The number of pyridine rings is 1. The average Bonchev–Trinajstić information content (AvgIpc) is 2.74. The minimum Gasteiger partial charge on any atom is -0.487 e. The number of hydrogen-bond donors (Lipinski definition) is 2. The summed E-state index contributed by atoms with van der Waals surface area (Å²) in [5.41, 5.74) is 3.09. The van der Waals surface area contributed by atoms with E-state index in [-0.39, 0.29) is 12.2 Å². The summed E-state index contributed by atoms with van der Waals surface area (Å²) in [6.45, 7) is 2.10. The number of nitrogens with one attached hydrogen (secondary N) is 2. The van der Waals surface area contributed by atoms with E-state index in [2.05, 4.69) is 15.6 Å². The molecular weight excluding hydrogens is 416 g/mol. The van der Waals surface area contributed by atoms with Gasteiger partial charge in [-0.1, -0.05) is 23.7 Å². The predicted octanol–water partition coefficient (Wildman–Crippen LogP) is 4.88. The van der Waals surface area contributed by atoms with Crippen molar-refractivity contribution in [2.45, 2.75) is 13.5 Å². The Labute approximate surface area is 183 Å². The molecule has 0 saturated carbocycles. The van der Waals surface area contributed by atoms with Gasteiger partial charge in [0.25, 0.3) is 5.56 Å². The molecule has 0 aliphatic rings. The van der Waals surface area contributed by atoms with Crippen LogP contribution in [0.15, 0.2) is 77.7 Å². The molecule has 2 N–H and O–H groups in total. The zero-order chi connectivity index (χ0) is 21.8. The Morgan fingerprint density at radius 3 is 2.61 bits per heavy atom. The molecule has 0 saturated heterocycles. The molecule has 4 rings (SSSR count). The maximum atomic E-state index is 12.2. The van der Waals surface area contributed by atoms with E-state index in [0.29, 0.717) is 33.5 Å². The van der Waals surface area contributed by atoms with Crippen LogP contribution in [-0.2, 0) is 6.61 Å². The number of carbonyl (C=O) groups is 1. The first-order valence-electron chi connectivity index (χ1n) is 9.52. The third-order valence-corrected chi connectivity index (χ3v) is 4.83. The lowest BCUT2D eigenvalue weighted by molar-refractivity contribution is 0.262. The van der Waals surface area contributed by atoms with Gasteiger partial charge in [-0.2, -0.15) is 0 Å². The maximum absolute atomic E-state index is 12.2. The number of benzene rings is 2. The molecule has 0 aliphatic carbocycles. The number of aryl methyl sites for hydroxylation is 1. The lowest BCUT2D eigenvalue weighted by atomic mass is 10.3. The number of aromatic nitrogens is 2. The predicted molar refractivity (Wildman–Crippen MR) is 121 cm³/mol. The number of para-hydroxylation sites is 1. The summed E-state index contributed by atoms with van der Waals surface area (Å²) in [5.74, 6) is 0.586. The van der Waals surface area contributed by atoms with Crippen LogP contribution in [-0.4, -0.2) is 15.4 Å². The van der Waals surface area contributed by atoms with Crippen molar-refractivity contribution in [2.24, 2.45) is 0 Å². The second-order valence-electron chi connectivity index (χ2n) is 6.89. The first-order chi connectivity index (χ1) is 15.0. The molecule has 7 nitrogen and oxygen atoms in total. The van der Waals surface area contributed by atoms with Crippen LogP contribution in [0.4, 0.5) is 16.2 Å². The maximum Gasteiger partial charge on any atom is 0.323 e. The lowest BCUT2D eigenvalue weighted by Gasteiger charge is -2.10. The number of nitrogens with zero attached hydrogens (tertiary/aromatic N) is 2. The molecule has 0 bridgehead atoms. The molecule has 2 aromatic heterocycles. The average molecular weight is 435 g/mol. The topological polar surface area (TPSA) is 84.7 Å². The molecule has 0 aliphatic heterocycles. The van der Waals surface area contributed by atoms with Gasteiger partial charge in [0.15, 0.2) is 0 Å². The molecule has 31 heavy (non-hydrogen) atoms. The Bertz CT molecular complexity index is 1300. The van der Waals surface area contributed by atoms with Gasteiger partial charge in [-0.25, -0.2) is 9.78 Å². The number of fused-ring (bicyclic) bond motifs is 1. The normalized spacial score (nSPS) is 10.6. The fraction of sp³-hybridized carbons (Fsp3) is 0.0870. The van der Waals surface area contributed by atoms with Crippen LogP contribution in [0.2, 0.25) is 5.02 Å². The number of halogens is 1. The minimum absolute atomic E-state index is 0.152. The highest BCUT2D eigenvalue weighted by molar-refractivity contribution is 6.33. The molecule has 0 radical (unpaired) electrons. The van der Waals surface area contributed by atoms with Crippen molar-refractivity contribution >= 4 is 34.7 Å². The fourth-order valence-corrected chi connectivity index (χ4v) is 3.15. The van der Waals surface area contributed by atoms with Gasteiger partial charge in [0.05, 0.1) is 16.4 Å². The highest BCUT2D eigenvalue weighted by Gasteiger charge is 2.07. The Hall–Kier alpha value is -3.84. The molecule has 4 aromatic rings. The number of ether oxygens (including phenoxy) is 1.